The molecule has 4 nitrogen and oxygen atoms in total. The highest BCUT2D eigenvalue weighted by Crippen LogP contribution is 2.42. The van der Waals surface area contributed by atoms with Crippen LogP contribution in [0.15, 0.2) is 37.0 Å². The highest BCUT2D eigenvalue weighted by Gasteiger charge is 2.39. The van der Waals surface area contributed by atoms with Crippen LogP contribution in [0.3, 0.4) is 0 Å². The highest BCUT2D eigenvalue weighted by molar-refractivity contribution is 6.13. The zero-order valence-electron chi connectivity index (χ0n) is 12.4. The van der Waals surface area contributed by atoms with Gasteiger partial charge in [-0.2, -0.15) is 0 Å². The largest absolute Gasteiger partial charge is 0.300 e. The summed E-state index contributed by atoms with van der Waals surface area (Å²) >= 11 is 0. The summed E-state index contributed by atoms with van der Waals surface area (Å²) in [6.45, 7) is 8.94. The molecule has 112 valence electrons. The van der Waals surface area contributed by atoms with E-state index in [4.69, 9.17) is 0 Å². The first-order valence-corrected chi connectivity index (χ1v) is 7.27. The van der Waals surface area contributed by atoms with E-state index in [0.29, 0.717) is 17.9 Å². The van der Waals surface area contributed by atoms with E-state index in [2.05, 4.69) is 13.2 Å². The van der Waals surface area contributed by atoms with E-state index >= 15 is 0 Å². The van der Waals surface area contributed by atoms with Gasteiger partial charge in [0, 0.05) is 11.5 Å². The fourth-order valence-corrected chi connectivity index (χ4v) is 2.82. The Hall–Kier alpha value is -1.97. The van der Waals surface area contributed by atoms with Crippen molar-refractivity contribution in [3.63, 3.8) is 0 Å². The quantitative estimate of drug-likeness (QED) is 0.410. The number of hydrogen-bond donors (Lipinski definition) is 0. The van der Waals surface area contributed by atoms with E-state index < -0.39 is 0 Å². The minimum atomic E-state index is -0.295. The van der Waals surface area contributed by atoms with Crippen molar-refractivity contribution in [1.82, 2.24) is 4.90 Å². The van der Waals surface area contributed by atoms with E-state index in [1.807, 2.05) is 12.2 Å². The number of carbonyl (C=O) groups is 3. The number of hydrogen-bond acceptors (Lipinski definition) is 3. The van der Waals surface area contributed by atoms with Crippen molar-refractivity contribution < 1.29 is 14.4 Å². The Labute approximate surface area is 125 Å². The Morgan fingerprint density at radius 1 is 1.48 bits per heavy atom. The molecule has 3 atom stereocenters. The Bertz CT molecular complexity index is 532. The van der Waals surface area contributed by atoms with Crippen LogP contribution in [-0.4, -0.2) is 28.5 Å². The van der Waals surface area contributed by atoms with Gasteiger partial charge in [0.1, 0.15) is 5.78 Å². The average molecular weight is 287 g/mol. The van der Waals surface area contributed by atoms with Crippen LogP contribution in [-0.2, 0) is 14.4 Å². The minimum absolute atomic E-state index is 0.106. The van der Waals surface area contributed by atoms with E-state index in [1.165, 1.54) is 4.90 Å². The zero-order chi connectivity index (χ0) is 15.6. The van der Waals surface area contributed by atoms with E-state index in [1.54, 1.807) is 13.0 Å². The van der Waals surface area contributed by atoms with Crippen LogP contribution in [0, 0.1) is 11.8 Å². The molecule has 0 bridgehead atoms. The maximum Gasteiger partial charge on any atom is 0.256 e. The number of Topliss-reactive ketones (excluding diaryl/α,β-unsaturated/α-hetero) is 1. The molecule has 21 heavy (non-hydrogen) atoms. The Balaban J connectivity index is 1.98. The predicted molar refractivity (Wildman–Crippen MR) is 80.2 cm³/mol. The SMILES string of the molecule is C=CCC(/C=C\CC1CC1C(C)=O)N1C(=O)CC(=C)C1=O. The monoisotopic (exact) mass is 287 g/mol. The average Bonchev–Trinajstić information content (AvgIpc) is 3.13. The summed E-state index contributed by atoms with van der Waals surface area (Å²) < 4.78 is 0. The Kier molecular flexibility index (Phi) is 4.56. The highest BCUT2D eigenvalue weighted by atomic mass is 16.2. The molecule has 0 aromatic heterocycles. The van der Waals surface area contributed by atoms with Gasteiger partial charge in [0.15, 0.2) is 0 Å². The van der Waals surface area contributed by atoms with Gasteiger partial charge >= 0.3 is 0 Å². The molecule has 4 heteroatoms. The lowest BCUT2D eigenvalue weighted by Crippen LogP contribution is -2.38. The van der Waals surface area contributed by atoms with Crippen LogP contribution in [0.25, 0.3) is 0 Å². The number of allylic oxidation sites excluding steroid dienone is 1. The molecule has 0 aromatic rings. The molecular weight excluding hydrogens is 266 g/mol. The van der Waals surface area contributed by atoms with Crippen LogP contribution in [0.4, 0.5) is 0 Å². The number of likely N-dealkylation sites (tertiary alicyclic amines) is 1. The molecule has 1 aliphatic heterocycles. The van der Waals surface area contributed by atoms with Crippen molar-refractivity contribution in [3.05, 3.63) is 37.0 Å². The second-order valence-corrected chi connectivity index (χ2v) is 5.82. The third kappa shape index (κ3) is 3.38. The molecule has 2 fully saturated rings. The Morgan fingerprint density at radius 2 is 2.19 bits per heavy atom. The van der Waals surface area contributed by atoms with Gasteiger partial charge in [-0.1, -0.05) is 24.8 Å². The summed E-state index contributed by atoms with van der Waals surface area (Å²) in [6.07, 6.45) is 7.96. The van der Waals surface area contributed by atoms with Crippen LogP contribution < -0.4 is 0 Å². The maximum atomic E-state index is 12.0. The molecule has 1 saturated heterocycles. The number of nitrogens with zero attached hydrogens (tertiary/aromatic N) is 1. The van der Waals surface area contributed by atoms with Gasteiger partial charge in [-0.15, -0.1) is 6.58 Å². The molecular formula is C17H21NO3. The molecule has 2 rings (SSSR count). The fraction of sp³-hybridized carbons (Fsp3) is 0.471. The number of imide groups is 1. The van der Waals surface area contributed by atoms with Gasteiger partial charge in [-0.05, 0) is 32.1 Å². The van der Waals surface area contributed by atoms with Crippen molar-refractivity contribution in [2.75, 3.05) is 0 Å². The van der Waals surface area contributed by atoms with Crippen LogP contribution in [0.2, 0.25) is 0 Å². The van der Waals surface area contributed by atoms with Crippen molar-refractivity contribution >= 4 is 17.6 Å². The first-order valence-electron chi connectivity index (χ1n) is 7.27. The molecule has 0 spiro atoms. The summed E-state index contributed by atoms with van der Waals surface area (Å²) in [5.74, 6) is 0.377. The van der Waals surface area contributed by atoms with Crippen molar-refractivity contribution in [1.29, 1.82) is 0 Å². The molecule has 3 unspecified atom stereocenters. The molecule has 1 aliphatic carbocycles. The van der Waals surface area contributed by atoms with Gasteiger partial charge in [0.05, 0.1) is 12.5 Å². The van der Waals surface area contributed by atoms with Gasteiger partial charge < -0.3 is 0 Å². The van der Waals surface area contributed by atoms with Crippen LogP contribution in [0.1, 0.15) is 32.6 Å². The molecule has 2 aliphatic rings. The van der Waals surface area contributed by atoms with E-state index in [9.17, 15) is 14.4 Å². The third-order valence-electron chi connectivity index (χ3n) is 4.14. The van der Waals surface area contributed by atoms with Crippen molar-refractivity contribution in [2.24, 2.45) is 11.8 Å². The molecule has 0 aromatic carbocycles. The number of carbonyl (C=O) groups excluding carboxylic acids is 3. The van der Waals surface area contributed by atoms with Gasteiger partial charge in [-0.25, -0.2) is 0 Å². The summed E-state index contributed by atoms with van der Waals surface area (Å²) in [4.78, 5) is 36.3. The molecule has 2 amide bonds. The number of rotatable bonds is 7. The summed E-state index contributed by atoms with van der Waals surface area (Å²) in [6, 6.07) is -0.295. The lowest BCUT2D eigenvalue weighted by molar-refractivity contribution is -0.139. The van der Waals surface area contributed by atoms with Gasteiger partial charge in [-0.3, -0.25) is 19.3 Å². The first-order chi connectivity index (χ1) is 9.95. The van der Waals surface area contributed by atoms with Crippen molar-refractivity contribution in [3.8, 4) is 0 Å². The second-order valence-electron chi connectivity index (χ2n) is 5.82. The lowest BCUT2D eigenvalue weighted by atomic mass is 10.1. The van der Waals surface area contributed by atoms with E-state index in [-0.39, 0.29) is 36.0 Å². The lowest BCUT2D eigenvalue weighted by Gasteiger charge is -2.22. The third-order valence-corrected chi connectivity index (χ3v) is 4.14. The molecule has 0 radical (unpaired) electrons. The second kappa shape index (κ2) is 6.20. The number of amides is 2. The zero-order valence-corrected chi connectivity index (χ0v) is 12.4. The summed E-state index contributed by atoms with van der Waals surface area (Å²) in [7, 11) is 0. The van der Waals surface area contributed by atoms with Gasteiger partial charge in [0.25, 0.3) is 5.91 Å². The predicted octanol–water partition coefficient (Wildman–Crippen LogP) is 2.42. The summed E-state index contributed by atoms with van der Waals surface area (Å²) in [5, 5.41) is 0. The molecule has 1 saturated carbocycles. The van der Waals surface area contributed by atoms with Crippen LogP contribution >= 0.6 is 0 Å². The smallest absolute Gasteiger partial charge is 0.256 e. The normalized spacial score (nSPS) is 26.5. The van der Waals surface area contributed by atoms with Crippen LogP contribution in [0.5, 0.6) is 0 Å². The Morgan fingerprint density at radius 3 is 2.67 bits per heavy atom. The maximum absolute atomic E-state index is 12.0. The first kappa shape index (κ1) is 15.4. The fourth-order valence-electron chi connectivity index (χ4n) is 2.82. The molecule has 1 heterocycles. The number of ketones is 1. The van der Waals surface area contributed by atoms with Gasteiger partial charge in [0.2, 0.25) is 5.91 Å². The summed E-state index contributed by atoms with van der Waals surface area (Å²) in [5.41, 5.74) is 0.348. The van der Waals surface area contributed by atoms with E-state index in [0.717, 1.165) is 12.8 Å². The standard InChI is InChI=1S/C17H21NO3/c1-4-6-14(18-16(20)9-11(2)17(18)21)8-5-7-13-10-15(13)12(3)19/h4-5,8,13-15H,1-2,6-7,9-10H2,3H3/b8-5-. The van der Waals surface area contributed by atoms with Crippen molar-refractivity contribution in [2.45, 2.75) is 38.6 Å². The minimum Gasteiger partial charge on any atom is -0.300 e. The topological polar surface area (TPSA) is 54.5 Å². The molecule has 0 N–H and O–H groups in total.